The van der Waals surface area contributed by atoms with Crippen LogP contribution < -0.4 is 4.90 Å². The number of carbonyl (C=O) groups is 1. The molecule has 1 aliphatic heterocycles. The van der Waals surface area contributed by atoms with Gasteiger partial charge in [0.05, 0.1) is 11.7 Å². The summed E-state index contributed by atoms with van der Waals surface area (Å²) in [4.78, 5) is 14.3. The number of hydrogen-bond donors (Lipinski definition) is 0. The highest BCUT2D eigenvalue weighted by Gasteiger charge is 2.43. The zero-order chi connectivity index (χ0) is 13.6. The molecule has 98 valence electrons. The van der Waals surface area contributed by atoms with Crippen LogP contribution in [-0.2, 0) is 10.2 Å². The lowest BCUT2D eigenvalue weighted by Crippen LogP contribution is -2.35. The van der Waals surface area contributed by atoms with Gasteiger partial charge in [-0.3, -0.25) is 4.79 Å². The second-order valence-corrected chi connectivity index (χ2v) is 5.38. The highest BCUT2D eigenvalue weighted by atomic mass is 16.3. The maximum atomic E-state index is 12.4. The quantitative estimate of drug-likeness (QED) is 0.821. The Hall–Kier alpha value is -2.03. The van der Waals surface area contributed by atoms with E-state index in [2.05, 4.69) is 6.07 Å². The summed E-state index contributed by atoms with van der Waals surface area (Å²) >= 11 is 0. The number of amides is 1. The normalized spacial score (nSPS) is 16.8. The van der Waals surface area contributed by atoms with E-state index >= 15 is 0 Å². The summed E-state index contributed by atoms with van der Waals surface area (Å²) in [5, 5.41) is 0. The Balaban J connectivity index is 2.16. The third-order valence-electron chi connectivity index (χ3n) is 3.86. The molecule has 0 bridgehead atoms. The van der Waals surface area contributed by atoms with Gasteiger partial charge in [0.1, 0.15) is 5.76 Å². The van der Waals surface area contributed by atoms with E-state index in [9.17, 15) is 4.79 Å². The minimum Gasteiger partial charge on any atom is -0.464 e. The lowest BCUT2D eigenvalue weighted by molar-refractivity contribution is -0.122. The van der Waals surface area contributed by atoms with E-state index in [1.54, 1.807) is 6.26 Å². The molecule has 1 aromatic carbocycles. The fourth-order valence-electron chi connectivity index (χ4n) is 2.74. The maximum Gasteiger partial charge on any atom is 0.237 e. The Kier molecular flexibility index (Phi) is 2.52. The lowest BCUT2D eigenvalue weighted by Gasteiger charge is -2.18. The van der Waals surface area contributed by atoms with Crippen molar-refractivity contribution >= 4 is 11.6 Å². The van der Waals surface area contributed by atoms with Gasteiger partial charge in [0.15, 0.2) is 0 Å². The summed E-state index contributed by atoms with van der Waals surface area (Å²) in [7, 11) is 0. The number of hydrogen-bond acceptors (Lipinski definition) is 2. The summed E-state index contributed by atoms with van der Waals surface area (Å²) in [6, 6.07) is 9.90. The first kappa shape index (κ1) is 12.0. The largest absolute Gasteiger partial charge is 0.464 e. The molecule has 3 nitrogen and oxygen atoms in total. The average Bonchev–Trinajstić information content (AvgIpc) is 2.98. The van der Waals surface area contributed by atoms with Crippen molar-refractivity contribution < 1.29 is 9.21 Å². The van der Waals surface area contributed by atoms with Gasteiger partial charge < -0.3 is 9.32 Å². The second-order valence-electron chi connectivity index (χ2n) is 5.38. The molecule has 3 rings (SSSR count). The van der Waals surface area contributed by atoms with Gasteiger partial charge in [-0.1, -0.05) is 0 Å². The first-order chi connectivity index (χ1) is 9.05. The monoisotopic (exact) mass is 255 g/mol. The van der Waals surface area contributed by atoms with Crippen LogP contribution >= 0.6 is 0 Å². The molecule has 0 saturated carbocycles. The molecule has 2 heterocycles. The molecule has 0 saturated heterocycles. The van der Waals surface area contributed by atoms with Crippen LogP contribution in [0.15, 0.2) is 41.0 Å². The summed E-state index contributed by atoms with van der Waals surface area (Å²) in [5.74, 6) is 1.00. The van der Waals surface area contributed by atoms with Crippen molar-refractivity contribution in [1.82, 2.24) is 0 Å². The van der Waals surface area contributed by atoms with Crippen molar-refractivity contribution in [2.45, 2.75) is 26.2 Å². The molecule has 0 atom stereocenters. The van der Waals surface area contributed by atoms with Crippen molar-refractivity contribution in [3.8, 4) is 11.3 Å². The van der Waals surface area contributed by atoms with E-state index in [-0.39, 0.29) is 5.91 Å². The molecular weight excluding hydrogens is 238 g/mol. The van der Waals surface area contributed by atoms with Gasteiger partial charge in [-0.05, 0) is 56.7 Å². The van der Waals surface area contributed by atoms with E-state index in [4.69, 9.17) is 4.42 Å². The molecule has 0 spiro atoms. The number of furan rings is 1. The van der Waals surface area contributed by atoms with Crippen LogP contribution in [0.4, 0.5) is 5.69 Å². The first-order valence-electron chi connectivity index (χ1n) is 6.56. The van der Waals surface area contributed by atoms with Crippen LogP contribution in [0.1, 0.15) is 26.3 Å². The summed E-state index contributed by atoms with van der Waals surface area (Å²) in [6.07, 6.45) is 1.66. The van der Waals surface area contributed by atoms with E-state index in [1.807, 2.05) is 49.9 Å². The van der Waals surface area contributed by atoms with Gasteiger partial charge in [-0.2, -0.15) is 0 Å². The fraction of sp³-hybridized carbons (Fsp3) is 0.312. The lowest BCUT2D eigenvalue weighted by atomic mass is 9.85. The molecule has 0 unspecified atom stereocenters. The van der Waals surface area contributed by atoms with E-state index < -0.39 is 5.41 Å². The predicted octanol–water partition coefficient (Wildman–Crippen LogP) is 3.59. The van der Waals surface area contributed by atoms with Crippen LogP contribution in [0.5, 0.6) is 0 Å². The number of likely N-dealkylation sites (N-methyl/N-ethyl adjacent to an activating group) is 1. The Bertz CT molecular complexity index is 626. The van der Waals surface area contributed by atoms with Gasteiger partial charge in [-0.15, -0.1) is 0 Å². The van der Waals surface area contributed by atoms with Crippen molar-refractivity contribution in [1.29, 1.82) is 0 Å². The van der Waals surface area contributed by atoms with Crippen molar-refractivity contribution in [2.75, 3.05) is 11.4 Å². The Labute approximate surface area is 112 Å². The molecule has 3 heteroatoms. The third kappa shape index (κ3) is 1.61. The first-order valence-corrected chi connectivity index (χ1v) is 6.56. The fourth-order valence-corrected chi connectivity index (χ4v) is 2.74. The minimum absolute atomic E-state index is 0.168. The van der Waals surface area contributed by atoms with Crippen LogP contribution in [0.3, 0.4) is 0 Å². The van der Waals surface area contributed by atoms with Gasteiger partial charge >= 0.3 is 0 Å². The van der Waals surface area contributed by atoms with Crippen molar-refractivity contribution in [3.05, 3.63) is 42.2 Å². The zero-order valence-electron chi connectivity index (χ0n) is 11.4. The number of rotatable bonds is 2. The number of benzene rings is 1. The highest BCUT2D eigenvalue weighted by molar-refractivity contribution is 6.07. The zero-order valence-corrected chi connectivity index (χ0v) is 11.4. The van der Waals surface area contributed by atoms with Gasteiger partial charge in [0.2, 0.25) is 5.91 Å². The number of carbonyl (C=O) groups excluding carboxylic acids is 1. The molecule has 19 heavy (non-hydrogen) atoms. The molecule has 0 aliphatic carbocycles. The summed E-state index contributed by atoms with van der Waals surface area (Å²) < 4.78 is 5.43. The molecule has 1 amide bonds. The van der Waals surface area contributed by atoms with Crippen molar-refractivity contribution in [3.63, 3.8) is 0 Å². The van der Waals surface area contributed by atoms with Gasteiger partial charge in [-0.25, -0.2) is 0 Å². The molecule has 1 aliphatic rings. The molecule has 2 aromatic rings. The summed E-state index contributed by atoms with van der Waals surface area (Å²) in [5.41, 5.74) is 2.65. The molecule has 0 radical (unpaired) electrons. The van der Waals surface area contributed by atoms with E-state index in [0.717, 1.165) is 22.6 Å². The topological polar surface area (TPSA) is 33.5 Å². The molecule has 0 N–H and O–H groups in total. The highest BCUT2D eigenvalue weighted by Crippen LogP contribution is 2.43. The van der Waals surface area contributed by atoms with E-state index in [0.29, 0.717) is 6.54 Å². The summed E-state index contributed by atoms with van der Waals surface area (Å²) in [6.45, 7) is 6.67. The number of fused-ring (bicyclic) bond motifs is 1. The van der Waals surface area contributed by atoms with Crippen molar-refractivity contribution in [2.24, 2.45) is 0 Å². The van der Waals surface area contributed by atoms with Crippen LogP contribution in [0, 0.1) is 0 Å². The Morgan fingerprint density at radius 3 is 2.68 bits per heavy atom. The SMILES string of the molecule is CCN1C(=O)C(C)(C)c2cc(-c3ccco3)ccc21. The van der Waals surface area contributed by atoms with E-state index in [1.165, 1.54) is 0 Å². The number of nitrogens with zero attached hydrogens (tertiary/aromatic N) is 1. The second kappa shape index (κ2) is 3.98. The maximum absolute atomic E-state index is 12.4. The molecule has 0 fully saturated rings. The number of anilines is 1. The Morgan fingerprint density at radius 2 is 2.05 bits per heavy atom. The average molecular weight is 255 g/mol. The van der Waals surface area contributed by atoms with Crippen LogP contribution in [0.25, 0.3) is 11.3 Å². The predicted molar refractivity (Wildman–Crippen MR) is 75.2 cm³/mol. The molecular formula is C16H17NO2. The smallest absolute Gasteiger partial charge is 0.237 e. The Morgan fingerprint density at radius 1 is 1.26 bits per heavy atom. The van der Waals surface area contributed by atoms with Crippen LogP contribution in [-0.4, -0.2) is 12.5 Å². The third-order valence-corrected chi connectivity index (χ3v) is 3.86. The minimum atomic E-state index is -0.464. The standard InChI is InChI=1S/C16H17NO2/c1-4-17-13-8-7-11(14-6-5-9-19-14)10-12(13)16(2,3)15(17)18/h5-10H,4H2,1-3H3. The van der Waals surface area contributed by atoms with Crippen LogP contribution in [0.2, 0.25) is 0 Å². The van der Waals surface area contributed by atoms with Gasteiger partial charge in [0, 0.05) is 17.8 Å². The molecule has 1 aromatic heterocycles. The van der Waals surface area contributed by atoms with Gasteiger partial charge in [0.25, 0.3) is 0 Å².